The number of carbonyl (C=O) groups is 2. The molecule has 164 valence electrons. The molecule has 3 aromatic carbocycles. The first-order valence-electron chi connectivity index (χ1n) is 9.94. The van der Waals surface area contributed by atoms with E-state index in [2.05, 4.69) is 5.32 Å². The van der Waals surface area contributed by atoms with Crippen molar-refractivity contribution in [2.45, 2.75) is 19.6 Å². The zero-order valence-corrected chi connectivity index (χ0v) is 18.7. The Hall–Kier alpha value is -3.22. The molecule has 0 saturated carbocycles. The first kappa shape index (κ1) is 22.0. The van der Waals surface area contributed by atoms with Gasteiger partial charge in [0.2, 0.25) is 0 Å². The molecule has 1 atom stereocenters. The highest BCUT2D eigenvalue weighted by Crippen LogP contribution is 2.37. The lowest BCUT2D eigenvalue weighted by Gasteiger charge is -2.33. The molecule has 8 heteroatoms. The SMILES string of the molecule is CC1Oc2ccc(NC(=O)COc3ccc(Cl)cc3)cc2N(Cc2cccc(Cl)c2)C1=O. The molecule has 1 aliphatic rings. The van der Waals surface area contributed by atoms with Gasteiger partial charge in [0.25, 0.3) is 11.8 Å². The maximum atomic E-state index is 12.8. The second-order valence-corrected chi connectivity index (χ2v) is 8.16. The summed E-state index contributed by atoms with van der Waals surface area (Å²) in [6.45, 7) is 1.87. The van der Waals surface area contributed by atoms with E-state index in [-0.39, 0.29) is 18.4 Å². The highest BCUT2D eigenvalue weighted by molar-refractivity contribution is 6.30. The van der Waals surface area contributed by atoms with E-state index in [9.17, 15) is 9.59 Å². The van der Waals surface area contributed by atoms with E-state index >= 15 is 0 Å². The van der Waals surface area contributed by atoms with E-state index in [0.717, 1.165) is 5.56 Å². The van der Waals surface area contributed by atoms with Crippen LogP contribution in [0, 0.1) is 0 Å². The summed E-state index contributed by atoms with van der Waals surface area (Å²) in [7, 11) is 0. The number of nitrogens with one attached hydrogen (secondary N) is 1. The monoisotopic (exact) mass is 470 g/mol. The highest BCUT2D eigenvalue weighted by Gasteiger charge is 2.32. The van der Waals surface area contributed by atoms with Crippen molar-refractivity contribution in [3.63, 3.8) is 0 Å². The molecular formula is C24H20Cl2N2O4. The number of ether oxygens (including phenoxy) is 2. The zero-order chi connectivity index (χ0) is 22.7. The topological polar surface area (TPSA) is 67.9 Å². The van der Waals surface area contributed by atoms with Gasteiger partial charge in [0.1, 0.15) is 11.5 Å². The third-order valence-corrected chi connectivity index (χ3v) is 5.35. The van der Waals surface area contributed by atoms with E-state index < -0.39 is 6.10 Å². The van der Waals surface area contributed by atoms with Crippen molar-refractivity contribution < 1.29 is 19.1 Å². The summed E-state index contributed by atoms with van der Waals surface area (Å²) in [6, 6.07) is 19.2. The molecule has 0 radical (unpaired) electrons. The van der Waals surface area contributed by atoms with Gasteiger partial charge in [-0.15, -0.1) is 0 Å². The molecule has 0 bridgehead atoms. The molecule has 32 heavy (non-hydrogen) atoms. The predicted molar refractivity (Wildman–Crippen MR) is 125 cm³/mol. The molecular weight excluding hydrogens is 451 g/mol. The van der Waals surface area contributed by atoms with Gasteiger partial charge in [-0.1, -0.05) is 35.3 Å². The fraction of sp³-hybridized carbons (Fsp3) is 0.167. The lowest BCUT2D eigenvalue weighted by atomic mass is 10.1. The Morgan fingerprint density at radius 2 is 1.84 bits per heavy atom. The molecule has 0 aromatic heterocycles. The fourth-order valence-corrected chi connectivity index (χ4v) is 3.68. The summed E-state index contributed by atoms with van der Waals surface area (Å²) in [4.78, 5) is 26.8. The normalized spacial score (nSPS) is 15.0. The summed E-state index contributed by atoms with van der Waals surface area (Å²) in [5.41, 5.74) is 1.98. The van der Waals surface area contributed by atoms with Crippen molar-refractivity contribution in [2.75, 3.05) is 16.8 Å². The largest absolute Gasteiger partial charge is 0.484 e. The van der Waals surface area contributed by atoms with Gasteiger partial charge in [-0.05, 0) is 67.1 Å². The number of carbonyl (C=O) groups excluding carboxylic acids is 2. The van der Waals surface area contributed by atoms with Crippen LogP contribution in [-0.2, 0) is 16.1 Å². The third-order valence-electron chi connectivity index (χ3n) is 4.86. The number of hydrogen-bond acceptors (Lipinski definition) is 4. The van der Waals surface area contributed by atoms with Gasteiger partial charge in [0.05, 0.1) is 12.2 Å². The molecule has 0 fully saturated rings. The molecule has 2 amide bonds. The minimum Gasteiger partial charge on any atom is -0.484 e. The van der Waals surface area contributed by atoms with Crippen LogP contribution in [0.3, 0.4) is 0 Å². The summed E-state index contributed by atoms with van der Waals surface area (Å²) in [6.07, 6.45) is -0.616. The maximum Gasteiger partial charge on any atom is 0.268 e. The second kappa shape index (κ2) is 9.51. The van der Waals surface area contributed by atoms with Crippen LogP contribution in [0.25, 0.3) is 0 Å². The van der Waals surface area contributed by atoms with Gasteiger partial charge in [0, 0.05) is 15.7 Å². The van der Waals surface area contributed by atoms with E-state index in [4.69, 9.17) is 32.7 Å². The van der Waals surface area contributed by atoms with Crippen molar-refractivity contribution in [3.05, 3.63) is 82.3 Å². The van der Waals surface area contributed by atoms with Crippen LogP contribution in [0.4, 0.5) is 11.4 Å². The third kappa shape index (κ3) is 5.15. The van der Waals surface area contributed by atoms with Crippen LogP contribution in [0.1, 0.15) is 12.5 Å². The average molecular weight is 471 g/mol. The van der Waals surface area contributed by atoms with Gasteiger partial charge >= 0.3 is 0 Å². The summed E-state index contributed by atoms with van der Waals surface area (Å²) >= 11 is 11.9. The Morgan fingerprint density at radius 1 is 1.06 bits per heavy atom. The van der Waals surface area contributed by atoms with Crippen molar-refractivity contribution in [1.29, 1.82) is 0 Å². The number of halogens is 2. The van der Waals surface area contributed by atoms with Gasteiger partial charge in [0.15, 0.2) is 12.7 Å². The van der Waals surface area contributed by atoms with E-state index in [0.29, 0.717) is 39.5 Å². The van der Waals surface area contributed by atoms with E-state index in [1.807, 2.05) is 18.2 Å². The second-order valence-electron chi connectivity index (χ2n) is 7.29. The average Bonchev–Trinajstić information content (AvgIpc) is 2.77. The van der Waals surface area contributed by atoms with Gasteiger partial charge in [-0.2, -0.15) is 0 Å². The lowest BCUT2D eigenvalue weighted by Crippen LogP contribution is -2.44. The molecule has 1 aliphatic heterocycles. The number of amides is 2. The Morgan fingerprint density at radius 3 is 2.59 bits per heavy atom. The number of rotatable bonds is 6. The number of benzene rings is 3. The van der Waals surface area contributed by atoms with Crippen LogP contribution in [0.2, 0.25) is 10.0 Å². The van der Waals surface area contributed by atoms with Crippen LogP contribution in [0.5, 0.6) is 11.5 Å². The highest BCUT2D eigenvalue weighted by atomic mass is 35.5. The van der Waals surface area contributed by atoms with Crippen LogP contribution in [-0.4, -0.2) is 24.5 Å². The number of hydrogen-bond donors (Lipinski definition) is 1. The van der Waals surface area contributed by atoms with E-state index in [1.165, 1.54) is 0 Å². The molecule has 1 N–H and O–H groups in total. The van der Waals surface area contributed by atoms with Gasteiger partial charge in [-0.3, -0.25) is 9.59 Å². The van der Waals surface area contributed by atoms with Crippen LogP contribution < -0.4 is 19.7 Å². The Bertz CT molecular complexity index is 1150. The predicted octanol–water partition coefficient (Wildman–Crippen LogP) is 5.33. The lowest BCUT2D eigenvalue weighted by molar-refractivity contribution is -0.125. The standard InChI is InChI=1S/C24H20Cl2N2O4/c1-15-24(30)28(13-16-3-2-4-18(26)11-16)21-12-19(7-10-22(21)32-15)27-23(29)14-31-20-8-5-17(25)6-9-20/h2-12,15H,13-14H2,1H3,(H,27,29). The molecule has 0 aliphatic carbocycles. The molecule has 1 unspecified atom stereocenters. The molecule has 3 aromatic rings. The zero-order valence-electron chi connectivity index (χ0n) is 17.2. The minimum absolute atomic E-state index is 0.169. The van der Waals surface area contributed by atoms with Crippen LogP contribution >= 0.6 is 23.2 Å². The molecule has 6 nitrogen and oxygen atoms in total. The Kier molecular flexibility index (Phi) is 6.53. The van der Waals surface area contributed by atoms with Gasteiger partial charge < -0.3 is 19.7 Å². The molecule has 1 heterocycles. The first-order valence-corrected chi connectivity index (χ1v) is 10.7. The van der Waals surface area contributed by atoms with Crippen molar-refractivity contribution >= 4 is 46.4 Å². The Labute approximate surface area is 195 Å². The van der Waals surface area contributed by atoms with Crippen molar-refractivity contribution in [3.8, 4) is 11.5 Å². The number of fused-ring (bicyclic) bond motifs is 1. The number of nitrogens with zero attached hydrogens (tertiary/aromatic N) is 1. The molecule has 0 spiro atoms. The summed E-state index contributed by atoms with van der Waals surface area (Å²) < 4.78 is 11.2. The summed E-state index contributed by atoms with van der Waals surface area (Å²) in [5, 5.41) is 3.97. The number of anilines is 2. The summed E-state index contributed by atoms with van der Waals surface area (Å²) in [5.74, 6) is 0.593. The maximum absolute atomic E-state index is 12.8. The molecule has 4 rings (SSSR count). The van der Waals surface area contributed by atoms with E-state index in [1.54, 1.807) is 60.4 Å². The van der Waals surface area contributed by atoms with Crippen LogP contribution in [0.15, 0.2) is 66.7 Å². The first-order chi connectivity index (χ1) is 15.4. The smallest absolute Gasteiger partial charge is 0.268 e. The molecule has 0 saturated heterocycles. The Balaban J connectivity index is 1.50. The van der Waals surface area contributed by atoms with Crippen molar-refractivity contribution in [1.82, 2.24) is 0 Å². The van der Waals surface area contributed by atoms with Crippen molar-refractivity contribution in [2.24, 2.45) is 0 Å². The van der Waals surface area contributed by atoms with Gasteiger partial charge in [-0.25, -0.2) is 0 Å². The quantitative estimate of drug-likeness (QED) is 0.528. The minimum atomic E-state index is -0.616. The fourth-order valence-electron chi connectivity index (χ4n) is 3.34.